The number of nitrogens with zero attached hydrogens (tertiary/aromatic N) is 2. The molecule has 4 nitrogen and oxygen atoms in total. The van der Waals surface area contributed by atoms with Crippen LogP contribution in [0.5, 0.6) is 0 Å². The highest BCUT2D eigenvalue weighted by Crippen LogP contribution is 2.24. The Labute approximate surface area is 174 Å². The van der Waals surface area contributed by atoms with Gasteiger partial charge in [-0.05, 0) is 60.4 Å². The lowest BCUT2D eigenvalue weighted by Crippen LogP contribution is -2.38. The van der Waals surface area contributed by atoms with Gasteiger partial charge in [-0.25, -0.2) is 0 Å². The van der Waals surface area contributed by atoms with Crippen molar-refractivity contribution in [2.75, 3.05) is 26.2 Å². The average Bonchev–Trinajstić information content (AvgIpc) is 2.89. The SMILES string of the molecule is CCC(=O)N1CCC(CC(=O)Cc2ccc3c(c2)CCN(C2=CC=C2)CC3)CC1. The molecule has 1 aliphatic carbocycles. The van der Waals surface area contributed by atoms with Gasteiger partial charge in [0.2, 0.25) is 5.91 Å². The first kappa shape index (κ1) is 19.9. The van der Waals surface area contributed by atoms with E-state index in [0.29, 0.717) is 31.0 Å². The molecule has 0 spiro atoms. The molecular weight excluding hydrogens is 360 g/mol. The Hall–Kier alpha value is -2.36. The lowest BCUT2D eigenvalue weighted by molar-refractivity contribution is -0.132. The second-order valence-electron chi connectivity index (χ2n) is 8.64. The molecule has 4 heteroatoms. The molecule has 1 fully saturated rings. The van der Waals surface area contributed by atoms with Crippen molar-refractivity contribution in [3.8, 4) is 0 Å². The minimum absolute atomic E-state index is 0.239. The molecule has 0 saturated carbocycles. The number of amides is 1. The second-order valence-corrected chi connectivity index (χ2v) is 8.64. The zero-order valence-electron chi connectivity index (χ0n) is 17.5. The molecule has 0 radical (unpaired) electrons. The van der Waals surface area contributed by atoms with Gasteiger partial charge in [-0.15, -0.1) is 0 Å². The van der Waals surface area contributed by atoms with Gasteiger partial charge in [0.05, 0.1) is 0 Å². The number of piperidine rings is 1. The first-order chi connectivity index (χ1) is 14.1. The minimum Gasteiger partial charge on any atom is -0.371 e. The minimum atomic E-state index is 0.239. The Morgan fingerprint density at radius 1 is 1.03 bits per heavy atom. The number of hydrogen-bond acceptors (Lipinski definition) is 3. The van der Waals surface area contributed by atoms with E-state index in [1.54, 1.807) is 0 Å². The van der Waals surface area contributed by atoms with Crippen LogP contribution in [-0.2, 0) is 28.9 Å². The number of Topliss-reactive ketones (excluding diaryl/α,β-unsaturated/α-hetero) is 1. The highest BCUT2D eigenvalue weighted by atomic mass is 16.2. The zero-order chi connectivity index (χ0) is 20.2. The number of carbonyl (C=O) groups is 2. The van der Waals surface area contributed by atoms with Crippen LogP contribution in [0.15, 0.2) is 42.1 Å². The van der Waals surface area contributed by atoms with E-state index in [2.05, 4.69) is 41.3 Å². The summed E-state index contributed by atoms with van der Waals surface area (Å²) in [6, 6.07) is 6.66. The van der Waals surface area contributed by atoms with E-state index < -0.39 is 0 Å². The summed E-state index contributed by atoms with van der Waals surface area (Å²) in [6.07, 6.45) is 12.3. The number of fused-ring (bicyclic) bond motifs is 1. The van der Waals surface area contributed by atoms with Gasteiger partial charge in [0.15, 0.2) is 0 Å². The maximum atomic E-state index is 12.7. The summed E-state index contributed by atoms with van der Waals surface area (Å²) in [7, 11) is 0. The molecule has 2 aliphatic heterocycles. The summed E-state index contributed by atoms with van der Waals surface area (Å²) in [5, 5.41) is 0. The van der Waals surface area contributed by atoms with Crippen LogP contribution in [0.1, 0.15) is 49.3 Å². The van der Waals surface area contributed by atoms with Crippen LogP contribution >= 0.6 is 0 Å². The number of ketones is 1. The fourth-order valence-electron chi connectivity index (χ4n) is 4.77. The number of carbonyl (C=O) groups excluding carboxylic acids is 2. The summed E-state index contributed by atoms with van der Waals surface area (Å²) in [5.74, 6) is 1.01. The quantitative estimate of drug-likeness (QED) is 0.741. The van der Waals surface area contributed by atoms with Gasteiger partial charge < -0.3 is 9.80 Å². The van der Waals surface area contributed by atoms with Gasteiger partial charge in [0, 0.05) is 51.1 Å². The van der Waals surface area contributed by atoms with Crippen LogP contribution in [0, 0.1) is 5.92 Å². The van der Waals surface area contributed by atoms with Crippen molar-refractivity contribution in [3.63, 3.8) is 0 Å². The second kappa shape index (κ2) is 8.98. The summed E-state index contributed by atoms with van der Waals surface area (Å²) in [6.45, 7) is 5.66. The van der Waals surface area contributed by atoms with Crippen LogP contribution in [0.4, 0.5) is 0 Å². The van der Waals surface area contributed by atoms with Crippen molar-refractivity contribution in [2.45, 2.75) is 51.9 Å². The molecular formula is C25H32N2O2. The smallest absolute Gasteiger partial charge is 0.222 e. The molecule has 0 aromatic heterocycles. The summed E-state index contributed by atoms with van der Waals surface area (Å²) in [5.41, 5.74) is 5.34. The standard InChI is InChI=1S/C25H32N2O2/c1-2-25(29)27-12-8-19(9-13-27)17-24(28)18-20-6-7-21-10-14-26(23-4-3-5-23)15-11-22(21)16-20/h3-7,16,19H,2,8-15,17-18H2,1H3. The first-order valence-electron chi connectivity index (χ1n) is 11.2. The molecule has 154 valence electrons. The number of allylic oxidation sites excluding steroid dienone is 3. The fourth-order valence-corrected chi connectivity index (χ4v) is 4.77. The first-order valence-corrected chi connectivity index (χ1v) is 11.2. The van der Waals surface area contributed by atoms with E-state index in [0.717, 1.165) is 57.4 Å². The van der Waals surface area contributed by atoms with Gasteiger partial charge >= 0.3 is 0 Å². The van der Waals surface area contributed by atoms with E-state index in [1.165, 1.54) is 16.8 Å². The molecule has 0 N–H and O–H groups in total. The lowest BCUT2D eigenvalue weighted by Gasteiger charge is -2.31. The van der Waals surface area contributed by atoms with Crippen LogP contribution in [-0.4, -0.2) is 47.7 Å². The topological polar surface area (TPSA) is 40.6 Å². The molecule has 1 amide bonds. The molecule has 1 saturated heterocycles. The summed E-state index contributed by atoms with van der Waals surface area (Å²) >= 11 is 0. The summed E-state index contributed by atoms with van der Waals surface area (Å²) in [4.78, 5) is 28.9. The molecule has 29 heavy (non-hydrogen) atoms. The van der Waals surface area contributed by atoms with Crippen molar-refractivity contribution in [2.24, 2.45) is 5.92 Å². The lowest BCUT2D eigenvalue weighted by atomic mass is 9.89. The molecule has 0 bridgehead atoms. The third-order valence-electron chi connectivity index (χ3n) is 6.66. The molecule has 1 aromatic carbocycles. The van der Waals surface area contributed by atoms with Gasteiger partial charge in [-0.2, -0.15) is 0 Å². The number of benzene rings is 1. The van der Waals surface area contributed by atoms with Crippen molar-refractivity contribution >= 4 is 11.7 Å². The Balaban J connectivity index is 1.29. The van der Waals surface area contributed by atoms with Crippen LogP contribution < -0.4 is 0 Å². The van der Waals surface area contributed by atoms with Gasteiger partial charge in [-0.3, -0.25) is 9.59 Å². The van der Waals surface area contributed by atoms with E-state index in [-0.39, 0.29) is 5.91 Å². The molecule has 0 atom stereocenters. The van der Waals surface area contributed by atoms with Gasteiger partial charge in [0.25, 0.3) is 0 Å². The Kier molecular flexibility index (Phi) is 6.17. The third-order valence-corrected chi connectivity index (χ3v) is 6.66. The van der Waals surface area contributed by atoms with Crippen LogP contribution in [0.25, 0.3) is 0 Å². The van der Waals surface area contributed by atoms with E-state index in [1.807, 2.05) is 11.8 Å². The monoisotopic (exact) mass is 392 g/mol. The number of hydrogen-bond donors (Lipinski definition) is 0. The Morgan fingerprint density at radius 3 is 2.41 bits per heavy atom. The maximum Gasteiger partial charge on any atom is 0.222 e. The maximum absolute atomic E-state index is 12.7. The van der Waals surface area contributed by atoms with Crippen molar-refractivity contribution < 1.29 is 9.59 Å². The predicted molar refractivity (Wildman–Crippen MR) is 116 cm³/mol. The number of rotatable bonds is 6. The highest BCUT2D eigenvalue weighted by molar-refractivity contribution is 5.81. The molecule has 3 aliphatic rings. The Bertz CT molecular complexity index is 831. The average molecular weight is 393 g/mol. The van der Waals surface area contributed by atoms with Crippen molar-refractivity contribution in [3.05, 3.63) is 58.8 Å². The Morgan fingerprint density at radius 2 is 1.76 bits per heavy atom. The predicted octanol–water partition coefficient (Wildman–Crippen LogP) is 3.69. The van der Waals surface area contributed by atoms with E-state index in [4.69, 9.17) is 0 Å². The third kappa shape index (κ3) is 4.80. The fraction of sp³-hybridized carbons (Fsp3) is 0.520. The largest absolute Gasteiger partial charge is 0.371 e. The molecule has 4 rings (SSSR count). The zero-order valence-corrected chi connectivity index (χ0v) is 17.5. The summed E-state index contributed by atoms with van der Waals surface area (Å²) < 4.78 is 0. The van der Waals surface area contributed by atoms with Crippen molar-refractivity contribution in [1.82, 2.24) is 9.80 Å². The molecule has 1 aromatic rings. The molecule has 2 heterocycles. The van der Waals surface area contributed by atoms with Crippen molar-refractivity contribution in [1.29, 1.82) is 0 Å². The van der Waals surface area contributed by atoms with E-state index >= 15 is 0 Å². The number of likely N-dealkylation sites (tertiary alicyclic amines) is 1. The van der Waals surface area contributed by atoms with Gasteiger partial charge in [-0.1, -0.05) is 31.2 Å². The van der Waals surface area contributed by atoms with Gasteiger partial charge in [0.1, 0.15) is 5.78 Å². The normalized spacial score (nSPS) is 19.3. The molecule has 0 unspecified atom stereocenters. The van der Waals surface area contributed by atoms with E-state index in [9.17, 15) is 9.59 Å². The highest BCUT2D eigenvalue weighted by Gasteiger charge is 2.24. The van der Waals surface area contributed by atoms with Crippen LogP contribution in [0.2, 0.25) is 0 Å². The van der Waals surface area contributed by atoms with Crippen LogP contribution in [0.3, 0.4) is 0 Å².